The summed E-state index contributed by atoms with van der Waals surface area (Å²) in [6, 6.07) is 8.56. The summed E-state index contributed by atoms with van der Waals surface area (Å²) in [5.74, 6) is 0.0891. The summed E-state index contributed by atoms with van der Waals surface area (Å²) in [5, 5.41) is 0. The first-order valence-corrected chi connectivity index (χ1v) is 7.88. The fraction of sp³-hybridized carbons (Fsp3) is 0.500. The molecule has 1 aromatic rings. The summed E-state index contributed by atoms with van der Waals surface area (Å²) in [6.45, 7) is 2.13. The molecule has 1 aromatic carbocycles. The van der Waals surface area contributed by atoms with E-state index in [2.05, 4.69) is 29.0 Å². The Balaban J connectivity index is 1.92. The predicted octanol–water partition coefficient (Wildman–Crippen LogP) is 2.32. The van der Waals surface area contributed by atoms with Crippen molar-refractivity contribution < 1.29 is 4.79 Å². The molecule has 4 nitrogen and oxygen atoms in total. The van der Waals surface area contributed by atoms with Gasteiger partial charge in [0.2, 0.25) is 5.91 Å². The zero-order chi connectivity index (χ0) is 16.1. The van der Waals surface area contributed by atoms with Crippen molar-refractivity contribution in [3.05, 3.63) is 35.9 Å². The Bertz CT molecular complexity index is 514. The third-order valence-electron chi connectivity index (χ3n) is 4.41. The molecule has 4 heteroatoms. The summed E-state index contributed by atoms with van der Waals surface area (Å²) in [7, 11) is 8.09. The van der Waals surface area contributed by atoms with Gasteiger partial charge in [-0.3, -0.25) is 4.79 Å². The van der Waals surface area contributed by atoms with Crippen LogP contribution in [0.4, 0.5) is 5.69 Å². The van der Waals surface area contributed by atoms with Crippen LogP contribution >= 0.6 is 0 Å². The molecule has 1 fully saturated rings. The zero-order valence-electron chi connectivity index (χ0n) is 14.1. The molecule has 0 aliphatic carbocycles. The number of hydrogen-bond donors (Lipinski definition) is 0. The van der Waals surface area contributed by atoms with Gasteiger partial charge in [-0.1, -0.05) is 12.1 Å². The number of carbonyl (C=O) groups is 1. The van der Waals surface area contributed by atoms with Gasteiger partial charge in [-0.25, -0.2) is 0 Å². The van der Waals surface area contributed by atoms with Gasteiger partial charge in [-0.05, 0) is 56.8 Å². The van der Waals surface area contributed by atoms with Crippen molar-refractivity contribution in [1.29, 1.82) is 0 Å². The molecule has 1 aliphatic heterocycles. The van der Waals surface area contributed by atoms with Crippen LogP contribution in [0.15, 0.2) is 30.3 Å². The molecule has 0 spiro atoms. The number of rotatable bonds is 4. The van der Waals surface area contributed by atoms with Crippen LogP contribution in [0.25, 0.3) is 6.08 Å². The predicted molar refractivity (Wildman–Crippen MR) is 93.1 cm³/mol. The maximum Gasteiger partial charge on any atom is 0.246 e. The van der Waals surface area contributed by atoms with Gasteiger partial charge in [0.25, 0.3) is 0 Å². The van der Waals surface area contributed by atoms with Gasteiger partial charge >= 0.3 is 0 Å². The van der Waals surface area contributed by atoms with Gasteiger partial charge in [-0.2, -0.15) is 0 Å². The van der Waals surface area contributed by atoms with Gasteiger partial charge in [0.05, 0.1) is 0 Å². The van der Waals surface area contributed by atoms with E-state index < -0.39 is 0 Å². The Morgan fingerprint density at radius 3 is 2.27 bits per heavy atom. The van der Waals surface area contributed by atoms with E-state index >= 15 is 0 Å². The van der Waals surface area contributed by atoms with Crippen LogP contribution in [0.3, 0.4) is 0 Å². The van der Waals surface area contributed by atoms with E-state index in [1.54, 1.807) is 6.08 Å². The van der Waals surface area contributed by atoms with Crippen molar-refractivity contribution in [1.82, 2.24) is 9.80 Å². The molecule has 0 atom stereocenters. The molecule has 2 rings (SSSR count). The van der Waals surface area contributed by atoms with Crippen molar-refractivity contribution in [2.24, 2.45) is 0 Å². The first-order chi connectivity index (χ1) is 10.5. The Morgan fingerprint density at radius 1 is 1.14 bits per heavy atom. The molecule has 120 valence electrons. The van der Waals surface area contributed by atoms with E-state index in [0.29, 0.717) is 6.04 Å². The summed E-state index contributed by atoms with van der Waals surface area (Å²) in [5.41, 5.74) is 2.21. The molecule has 1 aliphatic rings. The minimum absolute atomic E-state index is 0.0891. The largest absolute Gasteiger partial charge is 0.378 e. The number of benzene rings is 1. The first kappa shape index (κ1) is 16.6. The third-order valence-corrected chi connectivity index (χ3v) is 4.41. The highest BCUT2D eigenvalue weighted by atomic mass is 16.2. The molecule has 1 amide bonds. The SMILES string of the molecule is CN1CCC(N(C)C(=O)/C=C\c2ccc(N(C)C)cc2)CC1. The molecule has 0 radical (unpaired) electrons. The topological polar surface area (TPSA) is 26.8 Å². The highest BCUT2D eigenvalue weighted by Crippen LogP contribution is 2.16. The van der Waals surface area contributed by atoms with Gasteiger partial charge in [0.15, 0.2) is 0 Å². The first-order valence-electron chi connectivity index (χ1n) is 7.88. The van der Waals surface area contributed by atoms with Crippen molar-refractivity contribution >= 4 is 17.7 Å². The van der Waals surface area contributed by atoms with Crippen LogP contribution < -0.4 is 4.90 Å². The zero-order valence-corrected chi connectivity index (χ0v) is 14.1. The van der Waals surface area contributed by atoms with Crippen molar-refractivity contribution in [2.45, 2.75) is 18.9 Å². The summed E-state index contributed by atoms with van der Waals surface area (Å²) < 4.78 is 0. The van der Waals surface area contributed by atoms with Crippen LogP contribution in [0.1, 0.15) is 18.4 Å². The highest BCUT2D eigenvalue weighted by molar-refractivity contribution is 5.91. The van der Waals surface area contributed by atoms with Crippen LogP contribution in [-0.4, -0.2) is 63.0 Å². The number of piperidine rings is 1. The second-order valence-electron chi connectivity index (χ2n) is 6.30. The summed E-state index contributed by atoms with van der Waals surface area (Å²) in [4.78, 5) is 18.6. The van der Waals surface area contributed by atoms with E-state index in [4.69, 9.17) is 0 Å². The van der Waals surface area contributed by atoms with E-state index in [9.17, 15) is 4.79 Å². The maximum atomic E-state index is 12.3. The molecular weight excluding hydrogens is 274 g/mol. The van der Waals surface area contributed by atoms with Crippen LogP contribution in [0.5, 0.6) is 0 Å². The minimum atomic E-state index is 0.0891. The minimum Gasteiger partial charge on any atom is -0.378 e. The normalized spacial score (nSPS) is 16.9. The van der Waals surface area contributed by atoms with Crippen LogP contribution in [0, 0.1) is 0 Å². The van der Waals surface area contributed by atoms with Gasteiger partial charge in [-0.15, -0.1) is 0 Å². The van der Waals surface area contributed by atoms with Crippen molar-refractivity contribution in [3.63, 3.8) is 0 Å². The lowest BCUT2D eigenvalue weighted by atomic mass is 10.0. The van der Waals surface area contributed by atoms with Crippen molar-refractivity contribution in [3.8, 4) is 0 Å². The molecular formula is C18H27N3O. The van der Waals surface area contributed by atoms with Crippen LogP contribution in [-0.2, 0) is 4.79 Å². The van der Waals surface area contributed by atoms with Gasteiger partial charge in [0, 0.05) is 38.9 Å². The molecule has 0 aromatic heterocycles. The Kier molecular flexibility index (Phi) is 5.61. The molecule has 1 saturated heterocycles. The highest BCUT2D eigenvalue weighted by Gasteiger charge is 2.22. The van der Waals surface area contributed by atoms with Crippen LogP contribution in [0.2, 0.25) is 0 Å². The van der Waals surface area contributed by atoms with E-state index in [1.807, 2.05) is 44.3 Å². The number of anilines is 1. The summed E-state index contributed by atoms with van der Waals surface area (Å²) >= 11 is 0. The maximum absolute atomic E-state index is 12.3. The van der Waals surface area contributed by atoms with E-state index in [1.165, 1.54) is 0 Å². The Hall–Kier alpha value is -1.81. The molecule has 0 bridgehead atoms. The molecule has 0 unspecified atom stereocenters. The average molecular weight is 301 g/mol. The standard InChI is InChI=1S/C18H27N3O/c1-19(2)16-8-5-15(6-9-16)7-10-18(22)21(4)17-11-13-20(3)14-12-17/h5-10,17H,11-14H2,1-4H3/b10-7-. The second-order valence-corrected chi connectivity index (χ2v) is 6.30. The van der Waals surface area contributed by atoms with Gasteiger partial charge < -0.3 is 14.7 Å². The fourth-order valence-corrected chi connectivity index (χ4v) is 2.73. The monoisotopic (exact) mass is 301 g/mol. The lowest BCUT2D eigenvalue weighted by molar-refractivity contribution is -0.127. The smallest absolute Gasteiger partial charge is 0.246 e. The quantitative estimate of drug-likeness (QED) is 0.799. The average Bonchev–Trinajstić information content (AvgIpc) is 2.53. The molecule has 0 N–H and O–H groups in total. The number of likely N-dealkylation sites (N-methyl/N-ethyl adjacent to an activating group) is 1. The number of carbonyl (C=O) groups excluding carboxylic acids is 1. The Morgan fingerprint density at radius 2 is 1.73 bits per heavy atom. The summed E-state index contributed by atoms with van der Waals surface area (Å²) in [6.07, 6.45) is 5.70. The van der Waals surface area contributed by atoms with Crippen molar-refractivity contribution in [2.75, 3.05) is 46.2 Å². The van der Waals surface area contributed by atoms with E-state index in [-0.39, 0.29) is 5.91 Å². The number of nitrogens with zero attached hydrogens (tertiary/aromatic N) is 3. The molecule has 0 saturated carbocycles. The van der Waals surface area contributed by atoms with Gasteiger partial charge in [0.1, 0.15) is 0 Å². The fourth-order valence-electron chi connectivity index (χ4n) is 2.73. The lowest BCUT2D eigenvalue weighted by Crippen LogP contribution is -2.43. The lowest BCUT2D eigenvalue weighted by Gasteiger charge is -2.34. The second kappa shape index (κ2) is 7.45. The molecule has 1 heterocycles. The van der Waals surface area contributed by atoms with E-state index in [0.717, 1.165) is 37.2 Å². The third kappa shape index (κ3) is 4.34. The number of likely N-dealkylation sites (tertiary alicyclic amines) is 1. The number of hydrogen-bond acceptors (Lipinski definition) is 3. The molecule has 22 heavy (non-hydrogen) atoms. The Labute approximate surface area is 134 Å². The number of amides is 1.